The number of carbonyl (C=O) groups excluding carboxylic acids is 3. The zero-order valence-corrected chi connectivity index (χ0v) is 22.2. The zero-order valence-electron chi connectivity index (χ0n) is 19.9. The molecule has 7 nitrogen and oxygen atoms in total. The summed E-state index contributed by atoms with van der Waals surface area (Å²) in [5.41, 5.74) is 3.17. The van der Waals surface area contributed by atoms with Crippen LogP contribution in [0.5, 0.6) is 5.75 Å². The Kier molecular flexibility index (Phi) is 8.07. The number of halogens is 3. The summed E-state index contributed by atoms with van der Waals surface area (Å²) in [6, 6.07) is 17.1. The topological polar surface area (TPSA) is 87.7 Å². The Balaban J connectivity index is 1.40. The number of nitrogens with zero attached hydrogens (tertiary/aromatic N) is 1. The molecule has 0 unspecified atom stereocenters. The standard InChI is InChI=1S/C27H22Cl3N3O4/c1-15-11-21(22(37-2)12-20(15)29)32-25(34)17-9-7-16(8-10-17)13-31-24-23(30)26(35)33(27(24)36)14-18-5-3-4-6-19(18)28/h3-12,31H,13-14H2,1-2H3,(H,32,34). The number of aryl methyl sites for hydroxylation is 1. The fourth-order valence-electron chi connectivity index (χ4n) is 3.73. The van der Waals surface area contributed by atoms with Crippen molar-refractivity contribution in [2.24, 2.45) is 0 Å². The van der Waals surface area contributed by atoms with Crippen LogP contribution in [0.3, 0.4) is 0 Å². The first-order valence-corrected chi connectivity index (χ1v) is 12.3. The molecule has 3 aromatic carbocycles. The van der Waals surface area contributed by atoms with Crippen molar-refractivity contribution >= 4 is 58.2 Å². The highest BCUT2D eigenvalue weighted by Crippen LogP contribution is 2.31. The summed E-state index contributed by atoms with van der Waals surface area (Å²) in [4.78, 5) is 39.2. The summed E-state index contributed by atoms with van der Waals surface area (Å²) in [7, 11) is 1.50. The summed E-state index contributed by atoms with van der Waals surface area (Å²) < 4.78 is 5.31. The number of rotatable bonds is 8. The van der Waals surface area contributed by atoms with Crippen molar-refractivity contribution in [2.45, 2.75) is 20.0 Å². The molecule has 190 valence electrons. The zero-order chi connectivity index (χ0) is 26.7. The van der Waals surface area contributed by atoms with E-state index < -0.39 is 11.8 Å². The molecule has 2 N–H and O–H groups in total. The quantitative estimate of drug-likeness (QED) is 0.348. The third-order valence-corrected chi connectivity index (χ3v) is 6.94. The van der Waals surface area contributed by atoms with Crippen molar-refractivity contribution in [1.29, 1.82) is 0 Å². The van der Waals surface area contributed by atoms with Crippen molar-refractivity contribution in [2.75, 3.05) is 12.4 Å². The van der Waals surface area contributed by atoms with Crippen LogP contribution in [0.15, 0.2) is 71.4 Å². The monoisotopic (exact) mass is 557 g/mol. The lowest BCUT2D eigenvalue weighted by atomic mass is 10.1. The third-order valence-electron chi connectivity index (χ3n) is 5.81. The summed E-state index contributed by atoms with van der Waals surface area (Å²) in [5, 5.41) is 6.58. The van der Waals surface area contributed by atoms with Gasteiger partial charge in [0.2, 0.25) is 0 Å². The van der Waals surface area contributed by atoms with Gasteiger partial charge in [-0.05, 0) is 47.9 Å². The number of imide groups is 1. The Morgan fingerprint density at radius 2 is 1.65 bits per heavy atom. The highest BCUT2D eigenvalue weighted by molar-refractivity contribution is 6.47. The minimum Gasteiger partial charge on any atom is -0.495 e. The van der Waals surface area contributed by atoms with Crippen molar-refractivity contribution in [3.8, 4) is 5.75 Å². The molecule has 0 saturated carbocycles. The molecule has 1 heterocycles. The van der Waals surface area contributed by atoms with Crippen LogP contribution in [-0.4, -0.2) is 29.7 Å². The second-order valence-electron chi connectivity index (χ2n) is 8.28. The molecule has 0 bridgehead atoms. The van der Waals surface area contributed by atoms with E-state index in [9.17, 15) is 14.4 Å². The van der Waals surface area contributed by atoms with Gasteiger partial charge in [-0.25, -0.2) is 0 Å². The van der Waals surface area contributed by atoms with Crippen molar-refractivity contribution in [3.63, 3.8) is 0 Å². The lowest BCUT2D eigenvalue weighted by molar-refractivity contribution is -0.138. The van der Waals surface area contributed by atoms with Gasteiger partial charge in [-0.1, -0.05) is 65.1 Å². The van der Waals surface area contributed by atoms with Crippen LogP contribution in [0, 0.1) is 6.92 Å². The molecule has 3 aromatic rings. The predicted molar refractivity (Wildman–Crippen MR) is 144 cm³/mol. The van der Waals surface area contributed by atoms with Crippen LogP contribution in [0.1, 0.15) is 27.0 Å². The van der Waals surface area contributed by atoms with Gasteiger partial charge in [0.25, 0.3) is 17.7 Å². The van der Waals surface area contributed by atoms with Gasteiger partial charge in [-0.15, -0.1) is 0 Å². The lowest BCUT2D eigenvalue weighted by Gasteiger charge is -2.16. The van der Waals surface area contributed by atoms with Crippen molar-refractivity contribution < 1.29 is 19.1 Å². The number of carbonyl (C=O) groups is 3. The smallest absolute Gasteiger partial charge is 0.278 e. The van der Waals surface area contributed by atoms with E-state index in [1.807, 2.05) is 6.92 Å². The Labute approximate surface area is 229 Å². The van der Waals surface area contributed by atoms with Gasteiger partial charge in [0, 0.05) is 28.2 Å². The van der Waals surface area contributed by atoms with Gasteiger partial charge in [0.1, 0.15) is 16.5 Å². The minimum atomic E-state index is -0.589. The number of ether oxygens (including phenoxy) is 1. The fourth-order valence-corrected chi connectivity index (χ4v) is 4.33. The molecular formula is C27H22Cl3N3O4. The van der Waals surface area contributed by atoms with Gasteiger partial charge in [-0.3, -0.25) is 19.3 Å². The third kappa shape index (κ3) is 5.74. The maximum Gasteiger partial charge on any atom is 0.278 e. The largest absolute Gasteiger partial charge is 0.495 e. The Morgan fingerprint density at radius 1 is 0.946 bits per heavy atom. The highest BCUT2D eigenvalue weighted by atomic mass is 35.5. The number of benzene rings is 3. The number of amides is 3. The molecule has 3 amide bonds. The fraction of sp³-hybridized carbons (Fsp3) is 0.148. The molecule has 0 saturated heterocycles. The van der Waals surface area contributed by atoms with Crippen LogP contribution in [0.25, 0.3) is 0 Å². The Hall–Kier alpha value is -3.52. The first-order chi connectivity index (χ1) is 17.7. The van der Waals surface area contributed by atoms with Crippen molar-refractivity contribution in [3.05, 3.63) is 104 Å². The van der Waals surface area contributed by atoms with Gasteiger partial charge >= 0.3 is 0 Å². The maximum absolute atomic E-state index is 12.9. The number of hydrogen-bond acceptors (Lipinski definition) is 5. The van der Waals surface area contributed by atoms with Crippen LogP contribution in [0.4, 0.5) is 5.69 Å². The second kappa shape index (κ2) is 11.3. The van der Waals surface area contributed by atoms with Gasteiger partial charge in [0.15, 0.2) is 0 Å². The van der Waals surface area contributed by atoms with E-state index in [1.165, 1.54) is 7.11 Å². The van der Waals surface area contributed by atoms with E-state index in [1.54, 1.807) is 60.7 Å². The summed E-state index contributed by atoms with van der Waals surface area (Å²) in [6.07, 6.45) is 0. The number of hydrogen-bond donors (Lipinski definition) is 2. The van der Waals surface area contributed by atoms with Crippen molar-refractivity contribution in [1.82, 2.24) is 10.2 Å². The second-order valence-corrected chi connectivity index (χ2v) is 9.48. The molecule has 0 atom stereocenters. The van der Waals surface area contributed by atoms with E-state index in [4.69, 9.17) is 39.5 Å². The summed E-state index contributed by atoms with van der Waals surface area (Å²) in [6.45, 7) is 2.07. The molecule has 37 heavy (non-hydrogen) atoms. The van der Waals surface area contributed by atoms with E-state index in [-0.39, 0.29) is 29.7 Å². The lowest BCUT2D eigenvalue weighted by Crippen LogP contribution is -2.33. The normalized spacial score (nSPS) is 13.3. The molecule has 0 radical (unpaired) electrons. The minimum absolute atomic E-state index is 0.0144. The van der Waals surface area contributed by atoms with Crippen LogP contribution in [0.2, 0.25) is 10.0 Å². The molecule has 4 rings (SSSR count). The highest BCUT2D eigenvalue weighted by Gasteiger charge is 2.37. The van der Waals surface area contributed by atoms with E-state index in [0.29, 0.717) is 32.6 Å². The number of methoxy groups -OCH3 is 1. The molecular weight excluding hydrogens is 537 g/mol. The van der Waals surface area contributed by atoms with E-state index >= 15 is 0 Å². The van der Waals surface area contributed by atoms with E-state index in [0.717, 1.165) is 16.0 Å². The molecule has 0 aliphatic carbocycles. The van der Waals surface area contributed by atoms with Gasteiger partial charge in [-0.2, -0.15) is 0 Å². The maximum atomic E-state index is 12.9. The average molecular weight is 559 g/mol. The van der Waals surface area contributed by atoms with Gasteiger partial charge < -0.3 is 15.4 Å². The summed E-state index contributed by atoms with van der Waals surface area (Å²) in [5.74, 6) is -0.988. The molecule has 0 spiro atoms. The Morgan fingerprint density at radius 3 is 2.32 bits per heavy atom. The first-order valence-electron chi connectivity index (χ1n) is 11.2. The van der Waals surface area contributed by atoms with Crippen LogP contribution in [-0.2, 0) is 22.7 Å². The average Bonchev–Trinajstić information content (AvgIpc) is 3.09. The molecule has 0 fully saturated rings. The van der Waals surface area contributed by atoms with Gasteiger partial charge in [0.05, 0.1) is 19.3 Å². The van der Waals surface area contributed by atoms with Crippen LogP contribution >= 0.6 is 34.8 Å². The Bertz CT molecular complexity index is 1420. The first kappa shape index (κ1) is 26.5. The number of anilines is 1. The van der Waals surface area contributed by atoms with E-state index in [2.05, 4.69) is 10.6 Å². The molecule has 1 aliphatic heterocycles. The molecule has 10 heteroatoms. The predicted octanol–water partition coefficient (Wildman–Crippen LogP) is 5.67. The summed E-state index contributed by atoms with van der Waals surface area (Å²) >= 11 is 18.5. The van der Waals surface area contributed by atoms with Crippen LogP contribution < -0.4 is 15.4 Å². The molecule has 1 aliphatic rings. The SMILES string of the molecule is COc1cc(Cl)c(C)cc1NC(=O)c1ccc(CNC2=C(Cl)C(=O)N(Cc3ccccc3Cl)C2=O)cc1. The molecule has 0 aromatic heterocycles. The number of nitrogens with one attached hydrogen (secondary N) is 2.